The summed E-state index contributed by atoms with van der Waals surface area (Å²) in [6.45, 7) is 3.49. The molecule has 1 N–H and O–H groups in total. The Morgan fingerprint density at radius 1 is 0.880 bits per heavy atom. The molecule has 25 heavy (non-hydrogen) atoms. The number of hydrogen-bond acceptors (Lipinski definition) is 7. The van der Waals surface area contributed by atoms with Crippen molar-refractivity contribution in [1.82, 2.24) is 4.90 Å². The fraction of sp³-hybridized carbons (Fsp3) is 0.611. The summed E-state index contributed by atoms with van der Waals surface area (Å²) in [6, 6.07) is 7.40. The summed E-state index contributed by atoms with van der Waals surface area (Å²) in [6.07, 6.45) is 0. The summed E-state index contributed by atoms with van der Waals surface area (Å²) in [7, 11) is 4.00. The van der Waals surface area contributed by atoms with Crippen LogP contribution in [0.2, 0.25) is 0 Å². The lowest BCUT2D eigenvalue weighted by Crippen LogP contribution is -2.14. The van der Waals surface area contributed by atoms with Gasteiger partial charge in [0, 0.05) is 6.54 Å². The van der Waals surface area contributed by atoms with E-state index < -0.39 is 0 Å². The van der Waals surface area contributed by atoms with E-state index in [0.29, 0.717) is 45.2 Å². The van der Waals surface area contributed by atoms with Crippen molar-refractivity contribution in [2.24, 2.45) is 0 Å². The van der Waals surface area contributed by atoms with Gasteiger partial charge >= 0.3 is 5.97 Å². The molecule has 0 atom stereocenters. The quantitative estimate of drug-likeness (QED) is 0.393. The van der Waals surface area contributed by atoms with Gasteiger partial charge in [0.15, 0.2) is 0 Å². The Kier molecular flexibility index (Phi) is 11.8. The number of aliphatic hydroxyl groups is 1. The van der Waals surface area contributed by atoms with Crippen LogP contribution in [0, 0.1) is 0 Å². The van der Waals surface area contributed by atoms with Crippen LogP contribution in [0.5, 0.6) is 0 Å². The van der Waals surface area contributed by atoms with Crippen molar-refractivity contribution in [3.05, 3.63) is 35.4 Å². The van der Waals surface area contributed by atoms with Crippen LogP contribution in [0.15, 0.2) is 24.3 Å². The van der Waals surface area contributed by atoms with Crippen molar-refractivity contribution in [2.75, 3.05) is 67.0 Å². The summed E-state index contributed by atoms with van der Waals surface area (Å²) in [5.74, 6) is -0.350. The molecule has 0 aliphatic rings. The number of hydrogen-bond donors (Lipinski definition) is 1. The van der Waals surface area contributed by atoms with Crippen molar-refractivity contribution < 1.29 is 28.8 Å². The number of benzene rings is 1. The molecule has 1 aromatic carbocycles. The molecule has 0 aromatic heterocycles. The van der Waals surface area contributed by atoms with Crippen molar-refractivity contribution >= 4 is 5.97 Å². The molecule has 7 heteroatoms. The maximum atomic E-state index is 11.9. The zero-order valence-electron chi connectivity index (χ0n) is 15.1. The molecular formula is C18H29NO6. The van der Waals surface area contributed by atoms with Crippen LogP contribution in [0.25, 0.3) is 0 Å². The predicted octanol–water partition coefficient (Wildman–Crippen LogP) is 0.947. The monoisotopic (exact) mass is 355 g/mol. The number of nitrogens with zero attached hydrogens (tertiary/aromatic N) is 1. The molecule has 0 bridgehead atoms. The lowest BCUT2D eigenvalue weighted by atomic mass is 10.1. The second-order valence-corrected chi connectivity index (χ2v) is 5.63. The first-order chi connectivity index (χ1) is 12.1. The first kappa shape index (κ1) is 21.5. The van der Waals surface area contributed by atoms with E-state index in [9.17, 15) is 4.79 Å². The third-order valence-electron chi connectivity index (χ3n) is 3.13. The van der Waals surface area contributed by atoms with Crippen molar-refractivity contribution in [2.45, 2.75) is 6.54 Å². The van der Waals surface area contributed by atoms with E-state index in [1.165, 1.54) is 0 Å². The summed E-state index contributed by atoms with van der Waals surface area (Å²) in [5.41, 5.74) is 1.68. The highest BCUT2D eigenvalue weighted by atomic mass is 16.6. The zero-order valence-corrected chi connectivity index (χ0v) is 15.1. The van der Waals surface area contributed by atoms with Crippen LogP contribution >= 0.6 is 0 Å². The van der Waals surface area contributed by atoms with Gasteiger partial charge < -0.3 is 29.0 Å². The van der Waals surface area contributed by atoms with Crippen molar-refractivity contribution in [1.29, 1.82) is 0 Å². The van der Waals surface area contributed by atoms with E-state index in [1.54, 1.807) is 12.1 Å². The van der Waals surface area contributed by atoms with E-state index in [0.717, 1.165) is 12.1 Å². The molecule has 142 valence electrons. The molecule has 0 saturated carbocycles. The van der Waals surface area contributed by atoms with Crippen LogP contribution in [0.3, 0.4) is 0 Å². The molecule has 0 spiro atoms. The Morgan fingerprint density at radius 2 is 1.40 bits per heavy atom. The molecule has 0 aliphatic heterocycles. The number of ether oxygens (including phenoxy) is 4. The maximum Gasteiger partial charge on any atom is 0.338 e. The molecule has 0 aliphatic carbocycles. The van der Waals surface area contributed by atoms with Crippen LogP contribution in [-0.2, 0) is 25.5 Å². The minimum atomic E-state index is -0.350. The van der Waals surface area contributed by atoms with Crippen LogP contribution < -0.4 is 0 Å². The number of rotatable bonds is 14. The lowest BCUT2D eigenvalue weighted by molar-refractivity contribution is -0.00313. The normalized spacial score (nSPS) is 11.0. The highest BCUT2D eigenvalue weighted by molar-refractivity contribution is 5.89. The van der Waals surface area contributed by atoms with Gasteiger partial charge in [-0.15, -0.1) is 0 Å². The Bertz CT molecular complexity index is 463. The van der Waals surface area contributed by atoms with Crippen LogP contribution in [0.4, 0.5) is 0 Å². The summed E-state index contributed by atoms with van der Waals surface area (Å²) in [4.78, 5) is 14.0. The molecule has 0 fully saturated rings. The van der Waals surface area contributed by atoms with Crippen molar-refractivity contribution in [3.8, 4) is 0 Å². The van der Waals surface area contributed by atoms with Gasteiger partial charge in [0.05, 0.1) is 51.8 Å². The SMILES string of the molecule is CN(C)Cc1ccc(C(=O)OCCOCCOCCOCCO)cc1. The first-order valence-electron chi connectivity index (χ1n) is 8.38. The largest absolute Gasteiger partial charge is 0.460 e. The lowest BCUT2D eigenvalue weighted by Gasteiger charge is -2.10. The number of esters is 1. The molecular weight excluding hydrogens is 326 g/mol. The molecule has 7 nitrogen and oxygen atoms in total. The standard InChI is InChI=1S/C18H29NO6/c1-19(2)15-16-3-5-17(6-4-16)18(21)25-14-13-24-12-11-23-10-9-22-8-7-20/h3-6,20H,7-15H2,1-2H3. The highest BCUT2D eigenvalue weighted by Gasteiger charge is 2.07. The summed E-state index contributed by atoms with van der Waals surface area (Å²) >= 11 is 0. The maximum absolute atomic E-state index is 11.9. The molecule has 0 amide bonds. The topological polar surface area (TPSA) is 77.5 Å². The van der Waals surface area contributed by atoms with E-state index >= 15 is 0 Å². The minimum absolute atomic E-state index is 0.0159. The van der Waals surface area contributed by atoms with Gasteiger partial charge in [-0.05, 0) is 31.8 Å². The Hall–Kier alpha value is -1.51. The van der Waals surface area contributed by atoms with E-state index in [4.69, 9.17) is 24.1 Å². The fourth-order valence-electron chi connectivity index (χ4n) is 1.99. The number of carbonyl (C=O) groups excluding carboxylic acids is 1. The molecule has 0 unspecified atom stereocenters. The Balaban J connectivity index is 2.03. The fourth-order valence-corrected chi connectivity index (χ4v) is 1.99. The van der Waals surface area contributed by atoms with E-state index in [-0.39, 0.29) is 19.2 Å². The summed E-state index contributed by atoms with van der Waals surface area (Å²) < 4.78 is 20.8. The average molecular weight is 355 g/mol. The smallest absolute Gasteiger partial charge is 0.338 e. The van der Waals surface area contributed by atoms with Gasteiger partial charge in [-0.1, -0.05) is 12.1 Å². The number of aliphatic hydroxyl groups excluding tert-OH is 1. The van der Waals surface area contributed by atoms with Gasteiger partial charge in [0.25, 0.3) is 0 Å². The third-order valence-corrected chi connectivity index (χ3v) is 3.13. The van der Waals surface area contributed by atoms with E-state index in [2.05, 4.69) is 4.90 Å². The van der Waals surface area contributed by atoms with Crippen molar-refractivity contribution in [3.63, 3.8) is 0 Å². The highest BCUT2D eigenvalue weighted by Crippen LogP contribution is 2.07. The Labute approximate surface area is 149 Å². The molecule has 0 heterocycles. The van der Waals surface area contributed by atoms with Crippen LogP contribution in [0.1, 0.15) is 15.9 Å². The average Bonchev–Trinajstić information content (AvgIpc) is 2.59. The second-order valence-electron chi connectivity index (χ2n) is 5.63. The molecule has 1 rings (SSSR count). The van der Waals surface area contributed by atoms with Gasteiger partial charge in [0.2, 0.25) is 0 Å². The summed E-state index contributed by atoms with van der Waals surface area (Å²) in [5, 5.41) is 8.52. The Morgan fingerprint density at radius 3 is 1.92 bits per heavy atom. The van der Waals surface area contributed by atoms with Crippen LogP contribution in [-0.4, -0.2) is 82.9 Å². The minimum Gasteiger partial charge on any atom is -0.460 e. The second kappa shape index (κ2) is 13.7. The van der Waals surface area contributed by atoms with Gasteiger partial charge in [-0.2, -0.15) is 0 Å². The third kappa shape index (κ3) is 10.9. The van der Waals surface area contributed by atoms with Gasteiger partial charge in [-0.3, -0.25) is 0 Å². The molecule has 0 saturated heterocycles. The predicted molar refractivity (Wildman–Crippen MR) is 93.7 cm³/mol. The number of carbonyl (C=O) groups is 1. The molecule has 0 radical (unpaired) electrons. The van der Waals surface area contributed by atoms with Gasteiger partial charge in [-0.25, -0.2) is 4.79 Å². The first-order valence-corrected chi connectivity index (χ1v) is 8.38. The van der Waals surface area contributed by atoms with Gasteiger partial charge in [0.1, 0.15) is 6.61 Å². The zero-order chi connectivity index (χ0) is 18.3. The van der Waals surface area contributed by atoms with E-state index in [1.807, 2.05) is 26.2 Å². The molecule has 1 aromatic rings.